The third kappa shape index (κ3) is 4.27. The molecule has 4 unspecified atom stereocenters. The minimum absolute atomic E-state index is 0.105. The zero-order chi connectivity index (χ0) is 22.3. The fraction of sp³-hybridized carbons (Fsp3) is 0.353. The number of imidazole rings is 1. The SMILES string of the molecule is OC1C(COC(F)(F)F)OC(n2cnc3c(Nc4ccc(F)c(F)c4)ncnc32)C1O. The lowest BCUT2D eigenvalue weighted by molar-refractivity contribution is -0.333. The van der Waals surface area contributed by atoms with Gasteiger partial charge in [0.15, 0.2) is 34.8 Å². The lowest BCUT2D eigenvalue weighted by Crippen LogP contribution is -2.35. The normalized spacial score (nSPS) is 24.1. The van der Waals surface area contributed by atoms with Crippen molar-refractivity contribution in [2.75, 3.05) is 11.9 Å². The van der Waals surface area contributed by atoms with Crippen LogP contribution in [0, 0.1) is 11.6 Å². The number of benzene rings is 1. The maximum Gasteiger partial charge on any atom is 0.522 e. The molecule has 0 saturated carbocycles. The van der Waals surface area contributed by atoms with E-state index < -0.39 is 49.1 Å². The van der Waals surface area contributed by atoms with Crippen LogP contribution in [0.25, 0.3) is 11.2 Å². The van der Waals surface area contributed by atoms with Crippen molar-refractivity contribution >= 4 is 22.7 Å². The summed E-state index contributed by atoms with van der Waals surface area (Å²) in [5, 5.41) is 23.0. The summed E-state index contributed by atoms with van der Waals surface area (Å²) in [4.78, 5) is 12.1. The highest BCUT2D eigenvalue weighted by molar-refractivity contribution is 5.85. The molecule has 3 aromatic rings. The van der Waals surface area contributed by atoms with Crippen LogP contribution < -0.4 is 5.32 Å². The highest BCUT2D eigenvalue weighted by Crippen LogP contribution is 2.33. The van der Waals surface area contributed by atoms with Crippen molar-refractivity contribution in [3.63, 3.8) is 0 Å². The Hall–Kier alpha value is -2.94. The fourth-order valence-corrected chi connectivity index (χ4v) is 3.11. The van der Waals surface area contributed by atoms with Crippen LogP contribution in [0.5, 0.6) is 0 Å². The van der Waals surface area contributed by atoms with Gasteiger partial charge in [0.1, 0.15) is 24.6 Å². The summed E-state index contributed by atoms with van der Waals surface area (Å²) in [6.45, 7) is -1.03. The molecule has 3 N–H and O–H groups in total. The van der Waals surface area contributed by atoms with E-state index in [-0.39, 0.29) is 22.7 Å². The molecule has 0 amide bonds. The van der Waals surface area contributed by atoms with Crippen LogP contribution >= 0.6 is 0 Å². The van der Waals surface area contributed by atoms with E-state index in [0.29, 0.717) is 0 Å². The summed E-state index contributed by atoms with van der Waals surface area (Å²) in [5.74, 6) is -2.00. The maximum absolute atomic E-state index is 13.4. The molecule has 1 saturated heterocycles. The maximum atomic E-state index is 13.4. The molecule has 166 valence electrons. The minimum Gasteiger partial charge on any atom is -0.387 e. The number of rotatable bonds is 5. The molecule has 0 bridgehead atoms. The number of halogens is 5. The van der Waals surface area contributed by atoms with Crippen LogP contribution in [0.15, 0.2) is 30.9 Å². The number of nitrogens with zero attached hydrogens (tertiary/aromatic N) is 4. The number of aliphatic hydroxyl groups is 2. The van der Waals surface area contributed by atoms with Gasteiger partial charge in [-0.3, -0.25) is 9.30 Å². The second-order valence-corrected chi connectivity index (χ2v) is 6.60. The van der Waals surface area contributed by atoms with Crippen LogP contribution in [0.2, 0.25) is 0 Å². The highest BCUT2D eigenvalue weighted by Gasteiger charge is 2.46. The zero-order valence-corrected chi connectivity index (χ0v) is 15.3. The van der Waals surface area contributed by atoms with Gasteiger partial charge < -0.3 is 20.3 Å². The Bertz CT molecular complexity index is 1090. The second kappa shape index (κ2) is 7.96. The topological polar surface area (TPSA) is 115 Å². The van der Waals surface area contributed by atoms with Gasteiger partial charge >= 0.3 is 6.36 Å². The molecule has 9 nitrogen and oxygen atoms in total. The average molecular weight is 447 g/mol. The molecule has 1 aromatic carbocycles. The molecular formula is C17H14F5N5O4. The van der Waals surface area contributed by atoms with Crippen LogP contribution in [-0.4, -0.2) is 61.0 Å². The summed E-state index contributed by atoms with van der Waals surface area (Å²) < 4.78 is 73.6. The van der Waals surface area contributed by atoms with E-state index in [1.54, 1.807) is 0 Å². The summed E-state index contributed by atoms with van der Waals surface area (Å²) in [6, 6.07) is 3.10. The fourth-order valence-electron chi connectivity index (χ4n) is 3.11. The van der Waals surface area contributed by atoms with Gasteiger partial charge in [0, 0.05) is 11.8 Å². The van der Waals surface area contributed by atoms with Gasteiger partial charge in [-0.25, -0.2) is 23.7 Å². The Balaban J connectivity index is 1.59. The number of hydrogen-bond acceptors (Lipinski definition) is 8. The van der Waals surface area contributed by atoms with Crippen LogP contribution in [0.1, 0.15) is 6.23 Å². The second-order valence-electron chi connectivity index (χ2n) is 6.60. The average Bonchev–Trinajstić information content (AvgIpc) is 3.25. The lowest BCUT2D eigenvalue weighted by atomic mass is 10.1. The standard InChI is InChI=1S/C17H14F5N5O4/c18-8-2-1-7(3-9(8)19)26-14-11-15(24-5-23-14)27(6-25-11)16-13(29)12(28)10(31-16)4-30-17(20,21)22/h1-3,5-6,10,12-13,16,28-29H,4H2,(H,23,24,26). The van der Waals surface area contributed by atoms with Gasteiger partial charge in [0.05, 0.1) is 12.9 Å². The Labute approximate surface area is 170 Å². The Kier molecular flexibility index (Phi) is 5.47. The number of aliphatic hydroxyl groups excluding tert-OH is 2. The van der Waals surface area contributed by atoms with Crippen molar-refractivity contribution in [1.82, 2.24) is 19.5 Å². The Morgan fingerprint density at radius 1 is 1.10 bits per heavy atom. The van der Waals surface area contributed by atoms with E-state index in [1.807, 2.05) is 0 Å². The first-order chi connectivity index (χ1) is 14.6. The first-order valence-corrected chi connectivity index (χ1v) is 8.76. The van der Waals surface area contributed by atoms with Crippen molar-refractivity contribution in [3.8, 4) is 0 Å². The van der Waals surface area contributed by atoms with Crippen LogP contribution in [0.4, 0.5) is 33.5 Å². The molecule has 0 aliphatic carbocycles. The predicted octanol–water partition coefficient (Wildman–Crippen LogP) is 2.00. The number of alkyl halides is 3. The van der Waals surface area contributed by atoms with E-state index in [2.05, 4.69) is 25.0 Å². The molecular weight excluding hydrogens is 433 g/mol. The number of ether oxygens (including phenoxy) is 2. The highest BCUT2D eigenvalue weighted by atomic mass is 19.4. The molecule has 4 rings (SSSR count). The van der Waals surface area contributed by atoms with Gasteiger partial charge in [-0.1, -0.05) is 0 Å². The van der Waals surface area contributed by atoms with E-state index >= 15 is 0 Å². The molecule has 3 heterocycles. The smallest absolute Gasteiger partial charge is 0.387 e. The van der Waals surface area contributed by atoms with Gasteiger partial charge in [0.2, 0.25) is 0 Å². The van der Waals surface area contributed by atoms with Crippen molar-refractivity contribution in [2.24, 2.45) is 0 Å². The Morgan fingerprint density at radius 3 is 2.58 bits per heavy atom. The summed E-state index contributed by atoms with van der Waals surface area (Å²) in [6.07, 6.45) is -8.66. The number of aromatic nitrogens is 4. The number of fused-ring (bicyclic) bond motifs is 1. The van der Waals surface area contributed by atoms with Crippen LogP contribution in [-0.2, 0) is 9.47 Å². The quantitative estimate of drug-likeness (QED) is 0.509. The monoisotopic (exact) mass is 447 g/mol. The predicted molar refractivity (Wildman–Crippen MR) is 92.9 cm³/mol. The lowest BCUT2D eigenvalue weighted by Gasteiger charge is -2.17. The van der Waals surface area contributed by atoms with Gasteiger partial charge in [-0.2, -0.15) is 0 Å². The van der Waals surface area contributed by atoms with Gasteiger partial charge in [-0.15, -0.1) is 13.2 Å². The molecule has 0 radical (unpaired) electrons. The molecule has 14 heteroatoms. The van der Waals surface area contributed by atoms with E-state index in [9.17, 15) is 32.2 Å². The number of nitrogens with one attached hydrogen (secondary N) is 1. The first kappa shape index (κ1) is 21.3. The van der Waals surface area contributed by atoms with E-state index in [0.717, 1.165) is 18.5 Å². The van der Waals surface area contributed by atoms with E-state index in [1.165, 1.54) is 17.0 Å². The third-order valence-corrected chi connectivity index (χ3v) is 4.56. The summed E-state index contributed by atoms with van der Waals surface area (Å²) in [7, 11) is 0. The molecule has 0 spiro atoms. The molecule has 1 aliphatic rings. The summed E-state index contributed by atoms with van der Waals surface area (Å²) in [5.41, 5.74) is 0.423. The summed E-state index contributed by atoms with van der Waals surface area (Å²) >= 11 is 0. The van der Waals surface area contributed by atoms with Gasteiger partial charge in [0.25, 0.3) is 0 Å². The van der Waals surface area contributed by atoms with Crippen molar-refractivity contribution in [1.29, 1.82) is 0 Å². The van der Waals surface area contributed by atoms with Crippen molar-refractivity contribution < 1.29 is 41.6 Å². The van der Waals surface area contributed by atoms with Crippen molar-refractivity contribution in [3.05, 3.63) is 42.5 Å². The zero-order valence-electron chi connectivity index (χ0n) is 15.3. The number of hydrogen-bond donors (Lipinski definition) is 3. The molecule has 2 aromatic heterocycles. The molecule has 4 atom stereocenters. The van der Waals surface area contributed by atoms with Crippen LogP contribution in [0.3, 0.4) is 0 Å². The Morgan fingerprint density at radius 2 is 1.87 bits per heavy atom. The number of anilines is 2. The van der Waals surface area contributed by atoms with E-state index in [4.69, 9.17) is 4.74 Å². The first-order valence-electron chi connectivity index (χ1n) is 8.76. The van der Waals surface area contributed by atoms with Gasteiger partial charge in [-0.05, 0) is 12.1 Å². The molecule has 1 aliphatic heterocycles. The molecule has 31 heavy (non-hydrogen) atoms. The largest absolute Gasteiger partial charge is 0.522 e. The minimum atomic E-state index is -4.93. The third-order valence-electron chi connectivity index (χ3n) is 4.56. The van der Waals surface area contributed by atoms with Crippen molar-refractivity contribution in [2.45, 2.75) is 30.9 Å². The molecule has 1 fully saturated rings.